The fraction of sp³-hybridized carbons (Fsp3) is 0.333. The fourth-order valence-electron chi connectivity index (χ4n) is 2.27. The molecule has 0 fully saturated rings. The number of carbonyl (C=O) groups excluding carboxylic acids is 1. The number of carbonyl (C=O) groups is 1. The molecule has 0 aliphatic carbocycles. The highest BCUT2D eigenvalue weighted by atomic mass is 16.5. The van der Waals surface area contributed by atoms with Crippen LogP contribution in [0.2, 0.25) is 0 Å². The maximum Gasteiger partial charge on any atom is 0.315 e. The third-order valence-electron chi connectivity index (χ3n) is 3.65. The summed E-state index contributed by atoms with van der Waals surface area (Å²) >= 11 is 0. The van der Waals surface area contributed by atoms with E-state index in [4.69, 9.17) is 9.47 Å². The molecule has 7 heteroatoms. The third kappa shape index (κ3) is 5.36. The fourth-order valence-corrected chi connectivity index (χ4v) is 2.27. The van der Waals surface area contributed by atoms with Crippen LogP contribution in [0.25, 0.3) is 0 Å². The number of aromatic nitrogens is 1. The number of aryl methyl sites for hydroxylation is 1. The maximum atomic E-state index is 11.9. The molecule has 25 heavy (non-hydrogen) atoms. The summed E-state index contributed by atoms with van der Waals surface area (Å²) < 4.78 is 10.3. The lowest BCUT2D eigenvalue weighted by Crippen LogP contribution is -2.37. The molecule has 1 atom stereocenters. The summed E-state index contributed by atoms with van der Waals surface area (Å²) in [6.45, 7) is 2.23. The van der Waals surface area contributed by atoms with Gasteiger partial charge in [-0.1, -0.05) is 18.2 Å². The first-order valence-electron chi connectivity index (χ1n) is 7.87. The summed E-state index contributed by atoms with van der Waals surface area (Å²) in [6, 6.07) is 10.4. The average Bonchev–Trinajstić information content (AvgIpc) is 2.64. The highest BCUT2D eigenvalue weighted by molar-refractivity contribution is 5.73. The van der Waals surface area contributed by atoms with E-state index in [0.29, 0.717) is 17.2 Å². The second-order valence-electron chi connectivity index (χ2n) is 5.48. The number of amides is 2. The van der Waals surface area contributed by atoms with Crippen LogP contribution in [0.3, 0.4) is 0 Å². The van der Waals surface area contributed by atoms with Crippen molar-refractivity contribution in [1.29, 1.82) is 0 Å². The number of hydrogen-bond donors (Lipinski definition) is 3. The Morgan fingerprint density at radius 2 is 2.00 bits per heavy atom. The molecule has 0 saturated carbocycles. The minimum Gasteiger partial charge on any atom is -0.497 e. The summed E-state index contributed by atoms with van der Waals surface area (Å²) in [7, 11) is 3.10. The predicted octanol–water partition coefficient (Wildman–Crippen LogP) is 1.94. The van der Waals surface area contributed by atoms with Crippen molar-refractivity contribution in [2.45, 2.75) is 19.6 Å². The van der Waals surface area contributed by atoms with Gasteiger partial charge < -0.3 is 25.2 Å². The summed E-state index contributed by atoms with van der Waals surface area (Å²) in [5.41, 5.74) is 2.28. The van der Waals surface area contributed by atoms with Crippen LogP contribution in [-0.4, -0.2) is 36.9 Å². The van der Waals surface area contributed by atoms with Gasteiger partial charge in [0.2, 0.25) is 5.88 Å². The summed E-state index contributed by atoms with van der Waals surface area (Å²) in [5.74, 6) is 1.14. The lowest BCUT2D eigenvalue weighted by Gasteiger charge is -2.14. The van der Waals surface area contributed by atoms with Crippen LogP contribution in [0.5, 0.6) is 11.6 Å². The smallest absolute Gasteiger partial charge is 0.315 e. The Hall–Kier alpha value is -2.80. The monoisotopic (exact) mass is 345 g/mol. The van der Waals surface area contributed by atoms with E-state index in [0.717, 1.165) is 11.3 Å². The van der Waals surface area contributed by atoms with E-state index in [9.17, 15) is 9.90 Å². The highest BCUT2D eigenvalue weighted by Crippen LogP contribution is 2.18. The van der Waals surface area contributed by atoms with E-state index >= 15 is 0 Å². The molecule has 2 aromatic rings. The second kappa shape index (κ2) is 8.89. The molecule has 1 heterocycles. The zero-order valence-electron chi connectivity index (χ0n) is 14.6. The van der Waals surface area contributed by atoms with Gasteiger partial charge in [0, 0.05) is 24.3 Å². The van der Waals surface area contributed by atoms with Crippen molar-refractivity contribution in [1.82, 2.24) is 15.6 Å². The van der Waals surface area contributed by atoms with E-state index in [1.807, 2.05) is 19.1 Å². The van der Waals surface area contributed by atoms with Crippen molar-refractivity contribution in [3.8, 4) is 11.6 Å². The third-order valence-corrected chi connectivity index (χ3v) is 3.65. The van der Waals surface area contributed by atoms with Crippen LogP contribution in [0.15, 0.2) is 36.4 Å². The normalized spacial score (nSPS) is 11.5. The Labute approximate surface area is 147 Å². The molecule has 2 amide bonds. The van der Waals surface area contributed by atoms with Crippen LogP contribution in [-0.2, 0) is 6.54 Å². The Morgan fingerprint density at radius 3 is 2.72 bits per heavy atom. The van der Waals surface area contributed by atoms with Crippen molar-refractivity contribution in [3.63, 3.8) is 0 Å². The Morgan fingerprint density at radius 1 is 1.20 bits per heavy atom. The standard InChI is InChI=1S/C18H23N3O4/c1-12-7-8-14(17(21-12)25-3)10-19-18(23)20-11-16(22)13-5-4-6-15(9-13)24-2/h4-9,16,22H,10-11H2,1-3H3,(H2,19,20,23). The number of nitrogens with one attached hydrogen (secondary N) is 2. The largest absolute Gasteiger partial charge is 0.497 e. The van der Waals surface area contributed by atoms with Gasteiger partial charge in [-0.2, -0.15) is 0 Å². The van der Waals surface area contributed by atoms with Crippen molar-refractivity contribution in [2.75, 3.05) is 20.8 Å². The number of ether oxygens (including phenoxy) is 2. The average molecular weight is 345 g/mol. The minimum atomic E-state index is -0.823. The molecule has 3 N–H and O–H groups in total. The van der Waals surface area contributed by atoms with Crippen molar-refractivity contribution in [2.24, 2.45) is 0 Å². The van der Waals surface area contributed by atoms with E-state index in [1.165, 1.54) is 7.11 Å². The first-order valence-corrected chi connectivity index (χ1v) is 7.87. The first kappa shape index (κ1) is 18.5. The topological polar surface area (TPSA) is 92.7 Å². The molecule has 2 rings (SSSR count). The van der Waals surface area contributed by atoms with Crippen molar-refractivity contribution in [3.05, 3.63) is 53.2 Å². The lowest BCUT2D eigenvalue weighted by atomic mass is 10.1. The van der Waals surface area contributed by atoms with Crippen molar-refractivity contribution < 1.29 is 19.4 Å². The van der Waals surface area contributed by atoms with Gasteiger partial charge in [-0.15, -0.1) is 0 Å². The molecule has 1 unspecified atom stereocenters. The zero-order chi connectivity index (χ0) is 18.2. The van der Waals surface area contributed by atoms with Gasteiger partial charge in [-0.3, -0.25) is 0 Å². The minimum absolute atomic E-state index is 0.0856. The molecule has 0 saturated heterocycles. The number of pyridine rings is 1. The predicted molar refractivity (Wildman–Crippen MR) is 93.7 cm³/mol. The van der Waals surface area contributed by atoms with Gasteiger partial charge in [-0.25, -0.2) is 9.78 Å². The summed E-state index contributed by atoms with van der Waals surface area (Å²) in [6.07, 6.45) is -0.823. The van der Waals surface area contributed by atoms with Crippen LogP contribution in [0.1, 0.15) is 22.9 Å². The van der Waals surface area contributed by atoms with Gasteiger partial charge in [-0.05, 0) is 30.7 Å². The molecule has 1 aromatic carbocycles. The van der Waals surface area contributed by atoms with Crippen LogP contribution < -0.4 is 20.1 Å². The molecule has 1 aromatic heterocycles. The molecule has 7 nitrogen and oxygen atoms in total. The summed E-state index contributed by atoms with van der Waals surface area (Å²) in [5, 5.41) is 15.5. The number of nitrogens with zero attached hydrogens (tertiary/aromatic N) is 1. The number of benzene rings is 1. The van der Waals surface area contributed by atoms with E-state index in [1.54, 1.807) is 31.4 Å². The van der Waals surface area contributed by atoms with Crippen LogP contribution in [0, 0.1) is 6.92 Å². The quantitative estimate of drug-likeness (QED) is 0.713. The number of aliphatic hydroxyl groups is 1. The number of aliphatic hydroxyl groups excluding tert-OH is 1. The molecule has 0 spiro atoms. The number of urea groups is 1. The SMILES string of the molecule is COc1cccc(C(O)CNC(=O)NCc2ccc(C)nc2OC)c1. The molecule has 0 radical (unpaired) electrons. The number of hydrogen-bond acceptors (Lipinski definition) is 5. The Bertz CT molecular complexity index is 721. The van der Waals surface area contributed by atoms with E-state index < -0.39 is 6.10 Å². The summed E-state index contributed by atoms with van der Waals surface area (Å²) in [4.78, 5) is 16.2. The molecular formula is C18H23N3O4. The second-order valence-corrected chi connectivity index (χ2v) is 5.48. The van der Waals surface area contributed by atoms with Gasteiger partial charge >= 0.3 is 6.03 Å². The Balaban J connectivity index is 1.84. The first-order chi connectivity index (χ1) is 12.0. The molecule has 0 aliphatic heterocycles. The highest BCUT2D eigenvalue weighted by Gasteiger charge is 2.11. The maximum absolute atomic E-state index is 11.9. The van der Waals surface area contributed by atoms with E-state index in [-0.39, 0.29) is 19.1 Å². The van der Waals surface area contributed by atoms with Crippen molar-refractivity contribution >= 4 is 6.03 Å². The molecule has 0 bridgehead atoms. The lowest BCUT2D eigenvalue weighted by molar-refractivity contribution is 0.172. The zero-order valence-corrected chi connectivity index (χ0v) is 14.6. The Kier molecular flexibility index (Phi) is 6.59. The molecular weight excluding hydrogens is 322 g/mol. The molecule has 134 valence electrons. The van der Waals surface area contributed by atoms with Gasteiger partial charge in [0.1, 0.15) is 5.75 Å². The number of methoxy groups -OCH3 is 2. The van der Waals surface area contributed by atoms with Gasteiger partial charge in [0.25, 0.3) is 0 Å². The van der Waals surface area contributed by atoms with E-state index in [2.05, 4.69) is 15.6 Å². The van der Waals surface area contributed by atoms with Crippen LogP contribution in [0.4, 0.5) is 4.79 Å². The van der Waals surface area contributed by atoms with Gasteiger partial charge in [0.15, 0.2) is 0 Å². The molecule has 0 aliphatic rings. The number of rotatable bonds is 7. The van der Waals surface area contributed by atoms with Crippen LogP contribution >= 0.6 is 0 Å². The van der Waals surface area contributed by atoms with Gasteiger partial charge in [0.05, 0.1) is 20.3 Å².